The van der Waals surface area contributed by atoms with Gasteiger partial charge in [0.25, 0.3) is 0 Å². The Morgan fingerprint density at radius 3 is 2.93 bits per heavy atom. The number of hydrogen-bond acceptors (Lipinski definition) is 4. The van der Waals surface area contributed by atoms with Crippen LogP contribution in [0.4, 0.5) is 0 Å². The van der Waals surface area contributed by atoms with Crippen LogP contribution in [0.3, 0.4) is 0 Å². The molecule has 0 fully saturated rings. The number of carboxylic acids is 1. The summed E-state index contributed by atoms with van der Waals surface area (Å²) in [6.45, 7) is 3.00. The molecule has 2 heterocycles. The Hall–Kier alpha value is -2.79. The number of benzene rings is 2. The molecular weight excluding hydrogens is 360 g/mol. The average molecular weight is 380 g/mol. The normalized spacial score (nSPS) is 15.2. The standard InChI is InChI=1S/C22H20O4S/c1-14-7-8-27-22(14)16-4-2-3-15(9-16)12-25-18-5-6-19-17(10-21(23)24)13-26-20(19)11-18/h2-9,11,17H,10,12-13H2,1H3,(H,23,24). The highest BCUT2D eigenvalue weighted by molar-refractivity contribution is 7.13. The van der Waals surface area contributed by atoms with E-state index in [1.54, 1.807) is 11.3 Å². The number of aliphatic carboxylic acids is 1. The van der Waals surface area contributed by atoms with Crippen LogP contribution in [0.5, 0.6) is 11.5 Å². The number of carbonyl (C=O) groups is 1. The molecule has 2 aromatic carbocycles. The van der Waals surface area contributed by atoms with Crippen molar-refractivity contribution >= 4 is 17.3 Å². The van der Waals surface area contributed by atoms with Crippen molar-refractivity contribution in [1.82, 2.24) is 0 Å². The van der Waals surface area contributed by atoms with Gasteiger partial charge in [-0.15, -0.1) is 11.3 Å². The third-order valence-electron chi connectivity index (χ3n) is 4.74. The van der Waals surface area contributed by atoms with Crippen molar-refractivity contribution in [2.24, 2.45) is 0 Å². The zero-order chi connectivity index (χ0) is 18.8. The second-order valence-electron chi connectivity index (χ2n) is 6.73. The summed E-state index contributed by atoms with van der Waals surface area (Å²) in [6, 6.07) is 16.2. The molecule has 27 heavy (non-hydrogen) atoms. The molecule has 4 rings (SSSR count). The topological polar surface area (TPSA) is 55.8 Å². The van der Waals surface area contributed by atoms with Gasteiger partial charge in [-0.2, -0.15) is 0 Å². The molecule has 1 aliphatic rings. The second-order valence-corrected chi connectivity index (χ2v) is 7.64. The van der Waals surface area contributed by atoms with E-state index in [1.807, 2.05) is 18.2 Å². The first-order valence-corrected chi connectivity index (χ1v) is 9.73. The van der Waals surface area contributed by atoms with Crippen molar-refractivity contribution < 1.29 is 19.4 Å². The van der Waals surface area contributed by atoms with Gasteiger partial charge in [0.1, 0.15) is 18.1 Å². The van der Waals surface area contributed by atoms with Crippen molar-refractivity contribution in [3.63, 3.8) is 0 Å². The van der Waals surface area contributed by atoms with Gasteiger partial charge in [0.2, 0.25) is 0 Å². The molecule has 1 aromatic heterocycles. The van der Waals surface area contributed by atoms with Crippen LogP contribution in [-0.2, 0) is 11.4 Å². The summed E-state index contributed by atoms with van der Waals surface area (Å²) < 4.78 is 11.6. The molecule has 0 saturated heterocycles. The maximum Gasteiger partial charge on any atom is 0.304 e. The minimum atomic E-state index is -0.808. The summed E-state index contributed by atoms with van der Waals surface area (Å²) >= 11 is 1.74. The minimum Gasteiger partial charge on any atom is -0.492 e. The van der Waals surface area contributed by atoms with E-state index in [2.05, 4.69) is 42.6 Å². The molecule has 138 valence electrons. The Labute approximate surface area is 162 Å². The Morgan fingerprint density at radius 2 is 2.15 bits per heavy atom. The second kappa shape index (κ2) is 7.45. The van der Waals surface area contributed by atoms with Gasteiger partial charge < -0.3 is 14.6 Å². The number of aryl methyl sites for hydroxylation is 1. The summed E-state index contributed by atoms with van der Waals surface area (Å²) in [5.41, 5.74) is 4.53. The number of fused-ring (bicyclic) bond motifs is 1. The quantitative estimate of drug-likeness (QED) is 0.634. The lowest BCUT2D eigenvalue weighted by atomic mass is 9.98. The Kier molecular flexibility index (Phi) is 4.86. The van der Waals surface area contributed by atoms with E-state index in [9.17, 15) is 4.79 Å². The Morgan fingerprint density at radius 1 is 1.26 bits per heavy atom. The van der Waals surface area contributed by atoms with Gasteiger partial charge in [-0.3, -0.25) is 4.79 Å². The van der Waals surface area contributed by atoms with Crippen LogP contribution in [0.25, 0.3) is 10.4 Å². The van der Waals surface area contributed by atoms with Gasteiger partial charge in [0.15, 0.2) is 0 Å². The fraction of sp³-hybridized carbons (Fsp3) is 0.227. The Bertz CT molecular complexity index is 976. The third-order valence-corrected chi connectivity index (χ3v) is 5.81. The molecule has 1 atom stereocenters. The first-order valence-electron chi connectivity index (χ1n) is 8.85. The lowest BCUT2D eigenvalue weighted by Crippen LogP contribution is -2.07. The van der Waals surface area contributed by atoms with Crippen LogP contribution in [0.1, 0.15) is 29.0 Å². The molecule has 5 heteroatoms. The van der Waals surface area contributed by atoms with Crippen molar-refractivity contribution in [2.75, 3.05) is 6.61 Å². The smallest absolute Gasteiger partial charge is 0.304 e. The predicted octanol–water partition coefficient (Wildman–Crippen LogP) is 5.25. The molecule has 0 aliphatic carbocycles. The highest BCUT2D eigenvalue weighted by Gasteiger charge is 2.26. The van der Waals surface area contributed by atoms with E-state index in [0.29, 0.717) is 13.2 Å². The first-order chi connectivity index (χ1) is 13.1. The number of hydrogen-bond donors (Lipinski definition) is 1. The van der Waals surface area contributed by atoms with Crippen LogP contribution < -0.4 is 9.47 Å². The fourth-order valence-corrected chi connectivity index (χ4v) is 4.29. The van der Waals surface area contributed by atoms with E-state index in [-0.39, 0.29) is 12.3 Å². The van der Waals surface area contributed by atoms with Crippen LogP contribution in [0, 0.1) is 6.92 Å². The number of rotatable bonds is 6. The fourth-order valence-electron chi connectivity index (χ4n) is 3.36. The third kappa shape index (κ3) is 3.83. The number of ether oxygens (including phenoxy) is 2. The van der Waals surface area contributed by atoms with Gasteiger partial charge in [0, 0.05) is 22.4 Å². The molecule has 0 radical (unpaired) electrons. The van der Waals surface area contributed by atoms with Crippen LogP contribution in [0.15, 0.2) is 53.9 Å². The number of thiophene rings is 1. The van der Waals surface area contributed by atoms with E-state index in [1.165, 1.54) is 16.0 Å². The SMILES string of the molecule is Cc1ccsc1-c1cccc(COc2ccc3c(c2)OCC3CC(=O)O)c1. The van der Waals surface area contributed by atoms with Crippen molar-refractivity contribution in [3.8, 4) is 21.9 Å². The van der Waals surface area contributed by atoms with Gasteiger partial charge in [0.05, 0.1) is 13.0 Å². The molecule has 0 saturated carbocycles. The van der Waals surface area contributed by atoms with Crippen LogP contribution >= 0.6 is 11.3 Å². The largest absolute Gasteiger partial charge is 0.492 e. The van der Waals surface area contributed by atoms with Gasteiger partial charge >= 0.3 is 5.97 Å². The zero-order valence-corrected chi connectivity index (χ0v) is 15.8. The first kappa shape index (κ1) is 17.6. The highest BCUT2D eigenvalue weighted by atomic mass is 32.1. The van der Waals surface area contributed by atoms with Crippen molar-refractivity contribution in [3.05, 3.63) is 70.6 Å². The Balaban J connectivity index is 1.46. The molecule has 0 bridgehead atoms. The van der Waals surface area contributed by atoms with E-state index >= 15 is 0 Å². The molecule has 0 amide bonds. The predicted molar refractivity (Wildman–Crippen MR) is 106 cm³/mol. The minimum absolute atomic E-state index is 0.0854. The molecule has 1 aliphatic heterocycles. The molecule has 0 spiro atoms. The van der Waals surface area contributed by atoms with E-state index in [0.717, 1.165) is 22.6 Å². The summed E-state index contributed by atoms with van der Waals surface area (Å²) in [5, 5.41) is 11.1. The zero-order valence-electron chi connectivity index (χ0n) is 15.0. The monoisotopic (exact) mass is 380 g/mol. The van der Waals surface area contributed by atoms with E-state index in [4.69, 9.17) is 14.6 Å². The molecular formula is C22H20O4S. The van der Waals surface area contributed by atoms with Crippen molar-refractivity contribution in [2.45, 2.75) is 25.9 Å². The van der Waals surface area contributed by atoms with Gasteiger partial charge in [-0.25, -0.2) is 0 Å². The van der Waals surface area contributed by atoms with Crippen LogP contribution in [0.2, 0.25) is 0 Å². The molecule has 4 nitrogen and oxygen atoms in total. The maximum atomic E-state index is 10.9. The molecule has 1 N–H and O–H groups in total. The molecule has 3 aromatic rings. The molecule has 1 unspecified atom stereocenters. The summed E-state index contributed by atoms with van der Waals surface area (Å²) in [6.07, 6.45) is 0.0854. The lowest BCUT2D eigenvalue weighted by molar-refractivity contribution is -0.137. The average Bonchev–Trinajstić information content (AvgIpc) is 3.26. The summed E-state index contributed by atoms with van der Waals surface area (Å²) in [4.78, 5) is 12.2. The number of carboxylic acid groups (broad SMARTS) is 1. The summed E-state index contributed by atoms with van der Waals surface area (Å²) in [7, 11) is 0. The van der Waals surface area contributed by atoms with E-state index < -0.39 is 5.97 Å². The van der Waals surface area contributed by atoms with Crippen molar-refractivity contribution in [1.29, 1.82) is 0 Å². The van der Waals surface area contributed by atoms with Gasteiger partial charge in [-0.05, 0) is 47.2 Å². The maximum absolute atomic E-state index is 10.9. The van der Waals surface area contributed by atoms with Gasteiger partial charge in [-0.1, -0.05) is 24.3 Å². The summed E-state index contributed by atoms with van der Waals surface area (Å²) in [5.74, 6) is 0.555. The van der Waals surface area contributed by atoms with Crippen LogP contribution in [-0.4, -0.2) is 17.7 Å². The lowest BCUT2D eigenvalue weighted by Gasteiger charge is -2.10. The highest BCUT2D eigenvalue weighted by Crippen LogP contribution is 2.38.